The third-order valence-corrected chi connectivity index (χ3v) is 7.45. The van der Waals surface area contributed by atoms with Crippen molar-refractivity contribution in [2.75, 3.05) is 55.6 Å². The van der Waals surface area contributed by atoms with E-state index in [-0.39, 0.29) is 17.3 Å². The number of benzene rings is 4. The van der Waals surface area contributed by atoms with Crippen molar-refractivity contribution in [3.8, 4) is 22.6 Å². The highest BCUT2D eigenvalue weighted by atomic mass is 16.6. The highest BCUT2D eigenvalue weighted by Gasteiger charge is 2.21. The zero-order chi connectivity index (χ0) is 29.1. The number of amides is 1. The number of rotatable bonds is 8. The molecule has 10 nitrogen and oxygen atoms in total. The van der Waals surface area contributed by atoms with Gasteiger partial charge in [-0.15, -0.1) is 0 Å². The van der Waals surface area contributed by atoms with Crippen molar-refractivity contribution in [3.05, 3.63) is 100 Å². The van der Waals surface area contributed by atoms with Crippen LogP contribution in [0.25, 0.3) is 11.1 Å². The Kier molecular flexibility index (Phi) is 7.61. The first-order valence-corrected chi connectivity index (χ1v) is 13.7. The van der Waals surface area contributed by atoms with Crippen LogP contribution in [0.2, 0.25) is 0 Å². The zero-order valence-corrected chi connectivity index (χ0v) is 23.1. The van der Waals surface area contributed by atoms with Crippen LogP contribution >= 0.6 is 0 Å². The average Bonchev–Trinajstić information content (AvgIpc) is 3.16. The molecule has 1 saturated heterocycles. The van der Waals surface area contributed by atoms with Gasteiger partial charge in [0.15, 0.2) is 5.75 Å². The number of nitrogens with zero attached hydrogens (tertiary/aromatic N) is 2. The predicted octanol–water partition coefficient (Wildman–Crippen LogP) is 6.04. The molecule has 0 unspecified atom stereocenters. The highest BCUT2D eigenvalue weighted by Crippen LogP contribution is 2.38. The molecule has 1 amide bonds. The molecule has 0 radical (unpaired) electrons. The van der Waals surface area contributed by atoms with E-state index >= 15 is 0 Å². The maximum atomic E-state index is 13.1. The van der Waals surface area contributed by atoms with Crippen molar-refractivity contribution in [2.24, 2.45) is 0 Å². The normalized spacial score (nSPS) is 14.1. The summed E-state index contributed by atoms with van der Waals surface area (Å²) in [5.41, 5.74) is 6.24. The maximum absolute atomic E-state index is 13.1. The lowest BCUT2D eigenvalue weighted by molar-refractivity contribution is -0.385. The topological polar surface area (TPSA) is 115 Å². The molecular formula is C32H30N4O6. The van der Waals surface area contributed by atoms with Gasteiger partial charge in [-0.1, -0.05) is 18.2 Å². The molecule has 4 aromatic rings. The van der Waals surface area contributed by atoms with Crippen molar-refractivity contribution < 1.29 is 23.9 Å². The molecule has 2 aliphatic rings. The molecule has 10 heteroatoms. The van der Waals surface area contributed by atoms with Crippen LogP contribution < -0.4 is 25.0 Å². The summed E-state index contributed by atoms with van der Waals surface area (Å²) < 4.78 is 16.7. The first-order chi connectivity index (χ1) is 20.5. The van der Waals surface area contributed by atoms with Crippen LogP contribution in [0.15, 0.2) is 78.9 Å². The van der Waals surface area contributed by atoms with Crippen molar-refractivity contribution in [1.29, 1.82) is 0 Å². The average molecular weight is 567 g/mol. The Balaban J connectivity index is 1.13. The van der Waals surface area contributed by atoms with Crippen LogP contribution in [0.5, 0.6) is 11.5 Å². The van der Waals surface area contributed by atoms with Crippen LogP contribution in [0.1, 0.15) is 15.9 Å². The summed E-state index contributed by atoms with van der Waals surface area (Å²) in [7, 11) is 1.40. The van der Waals surface area contributed by atoms with E-state index < -0.39 is 4.92 Å². The minimum atomic E-state index is -0.482. The fourth-order valence-corrected chi connectivity index (χ4v) is 5.18. The minimum Gasteiger partial charge on any atom is -0.493 e. The molecule has 0 aliphatic carbocycles. The molecule has 2 aliphatic heterocycles. The molecule has 6 rings (SSSR count). The fraction of sp³-hybridized carbons (Fsp3) is 0.219. The maximum Gasteiger partial charge on any atom is 0.310 e. The second kappa shape index (κ2) is 11.8. The zero-order valence-electron chi connectivity index (χ0n) is 23.1. The van der Waals surface area contributed by atoms with Crippen LogP contribution in [-0.4, -0.2) is 50.9 Å². The van der Waals surface area contributed by atoms with Gasteiger partial charge >= 0.3 is 5.69 Å². The van der Waals surface area contributed by atoms with E-state index in [9.17, 15) is 14.9 Å². The number of carbonyl (C=O) groups excluding carboxylic acids is 1. The van der Waals surface area contributed by atoms with Crippen molar-refractivity contribution in [3.63, 3.8) is 0 Å². The van der Waals surface area contributed by atoms with Gasteiger partial charge in [0, 0.05) is 37.3 Å². The number of ether oxygens (including phenoxy) is 3. The van der Waals surface area contributed by atoms with Crippen molar-refractivity contribution in [2.45, 2.75) is 6.42 Å². The number of methoxy groups -OCH3 is 1. The summed E-state index contributed by atoms with van der Waals surface area (Å²) in [5.74, 6) is 0.577. The van der Waals surface area contributed by atoms with Gasteiger partial charge in [0.05, 0.1) is 54.5 Å². The van der Waals surface area contributed by atoms with Crippen LogP contribution in [-0.2, 0) is 11.2 Å². The number of nitro benzene ring substituents is 1. The monoisotopic (exact) mass is 566 g/mol. The molecule has 0 saturated carbocycles. The summed E-state index contributed by atoms with van der Waals surface area (Å²) in [4.78, 5) is 26.2. The molecule has 1 fully saturated rings. The number of carbonyl (C=O) groups is 1. The Labute approximate surface area is 243 Å². The van der Waals surface area contributed by atoms with Crippen LogP contribution in [0.4, 0.5) is 28.4 Å². The molecule has 0 bridgehead atoms. The summed E-state index contributed by atoms with van der Waals surface area (Å²) in [6.45, 7) is 3.84. The van der Waals surface area contributed by atoms with Gasteiger partial charge in [-0.25, -0.2) is 0 Å². The molecule has 42 heavy (non-hydrogen) atoms. The minimum absolute atomic E-state index is 0.109. The van der Waals surface area contributed by atoms with Crippen LogP contribution in [0, 0.1) is 10.1 Å². The van der Waals surface area contributed by atoms with Gasteiger partial charge in [0.25, 0.3) is 5.91 Å². The second-order valence-corrected chi connectivity index (χ2v) is 10.1. The van der Waals surface area contributed by atoms with Crippen molar-refractivity contribution >= 4 is 34.3 Å². The molecule has 2 N–H and O–H groups in total. The summed E-state index contributed by atoms with van der Waals surface area (Å²) in [6, 6.07) is 24.2. The number of hydrogen-bond donors (Lipinski definition) is 2. The van der Waals surface area contributed by atoms with Crippen LogP contribution in [0.3, 0.4) is 0 Å². The van der Waals surface area contributed by atoms with Gasteiger partial charge in [0.1, 0.15) is 5.75 Å². The Morgan fingerprint density at radius 2 is 1.64 bits per heavy atom. The lowest BCUT2D eigenvalue weighted by Crippen LogP contribution is -2.36. The van der Waals surface area contributed by atoms with E-state index in [1.54, 1.807) is 24.3 Å². The van der Waals surface area contributed by atoms with E-state index in [1.807, 2.05) is 24.3 Å². The highest BCUT2D eigenvalue weighted by molar-refractivity contribution is 6.12. The number of anilines is 4. The van der Waals surface area contributed by atoms with E-state index in [2.05, 4.69) is 39.8 Å². The first kappa shape index (κ1) is 27.1. The predicted molar refractivity (Wildman–Crippen MR) is 161 cm³/mol. The Morgan fingerprint density at radius 3 is 2.40 bits per heavy atom. The van der Waals surface area contributed by atoms with Gasteiger partial charge in [-0.05, 0) is 65.2 Å². The number of nitrogens with one attached hydrogen (secondary N) is 2. The molecule has 214 valence electrons. The molecule has 4 aromatic carbocycles. The number of morpholine rings is 1. The van der Waals surface area contributed by atoms with E-state index in [4.69, 9.17) is 14.2 Å². The summed E-state index contributed by atoms with van der Waals surface area (Å²) in [5, 5.41) is 17.6. The SMILES string of the molecule is COc1cc(-c2ccc3c(c2)Nc2ccc(OCCc4ccc(N5CCOCC5)cc4)cc2NC3=O)ccc1[N+](=O)[O-]. The molecular weight excluding hydrogens is 536 g/mol. The van der Waals surface area contributed by atoms with Gasteiger partial charge < -0.3 is 29.7 Å². The molecule has 0 aromatic heterocycles. The van der Waals surface area contributed by atoms with Crippen molar-refractivity contribution in [1.82, 2.24) is 0 Å². The van der Waals surface area contributed by atoms with Gasteiger partial charge in [-0.2, -0.15) is 0 Å². The lowest BCUT2D eigenvalue weighted by Gasteiger charge is -2.28. The van der Waals surface area contributed by atoms with Gasteiger partial charge in [-0.3, -0.25) is 14.9 Å². The summed E-state index contributed by atoms with van der Waals surface area (Å²) >= 11 is 0. The molecule has 2 heterocycles. The number of hydrogen-bond acceptors (Lipinski definition) is 8. The first-order valence-electron chi connectivity index (χ1n) is 13.7. The van der Waals surface area contributed by atoms with Gasteiger partial charge in [0.2, 0.25) is 0 Å². The summed E-state index contributed by atoms with van der Waals surface area (Å²) in [6.07, 6.45) is 0.757. The molecule has 0 spiro atoms. The number of fused-ring (bicyclic) bond motifs is 2. The second-order valence-electron chi connectivity index (χ2n) is 10.1. The fourth-order valence-electron chi connectivity index (χ4n) is 5.18. The third kappa shape index (κ3) is 5.70. The van der Waals surface area contributed by atoms with E-state index in [0.717, 1.165) is 49.5 Å². The smallest absolute Gasteiger partial charge is 0.310 e. The molecule has 0 atom stereocenters. The Bertz CT molecular complexity index is 1630. The lowest BCUT2D eigenvalue weighted by atomic mass is 10.0. The third-order valence-electron chi connectivity index (χ3n) is 7.45. The Morgan fingerprint density at radius 1 is 0.881 bits per heavy atom. The van der Waals surface area contributed by atoms with E-state index in [1.165, 1.54) is 24.4 Å². The standard InChI is InChI=1S/C32H30N4O6/c1-40-31-19-23(5-11-30(31)36(38)39)22-4-9-26-28(18-22)33-27-10-8-25(20-29(27)34-32(26)37)42-15-12-21-2-6-24(7-3-21)35-13-16-41-17-14-35/h2-11,18-20,33H,12-17H2,1H3,(H,34,37). The largest absolute Gasteiger partial charge is 0.493 e. The Hall–Kier alpha value is -5.09. The quantitative estimate of drug-likeness (QED) is 0.196. The number of nitro groups is 1. The van der Waals surface area contributed by atoms with E-state index in [0.29, 0.717) is 29.3 Å².